The van der Waals surface area contributed by atoms with Gasteiger partial charge in [-0.1, -0.05) is 35.9 Å². The molecule has 3 aromatic carbocycles. The van der Waals surface area contributed by atoms with E-state index in [1.54, 1.807) is 72.8 Å². The van der Waals surface area contributed by atoms with Crippen molar-refractivity contribution in [1.82, 2.24) is 0 Å². The van der Waals surface area contributed by atoms with Gasteiger partial charge in [0.2, 0.25) is 0 Å². The number of anilines is 1. The number of carbonyl (C=O) groups is 1. The van der Waals surface area contributed by atoms with Crippen molar-refractivity contribution in [2.75, 3.05) is 17.9 Å². The van der Waals surface area contributed by atoms with E-state index in [1.165, 1.54) is 0 Å². The molecule has 0 fully saturated rings. The van der Waals surface area contributed by atoms with Gasteiger partial charge in [-0.25, -0.2) is 8.42 Å². The molecule has 8 heteroatoms. The predicted molar refractivity (Wildman–Crippen MR) is 117 cm³/mol. The lowest BCUT2D eigenvalue weighted by atomic mass is 10.1. The van der Waals surface area contributed by atoms with Crippen molar-refractivity contribution in [2.24, 2.45) is 0 Å². The van der Waals surface area contributed by atoms with Gasteiger partial charge in [0.25, 0.3) is 10.0 Å². The summed E-state index contributed by atoms with van der Waals surface area (Å²) in [5, 5.41) is 8.96. The molecular formula is C23H23NO6S. The molecule has 0 heterocycles. The summed E-state index contributed by atoms with van der Waals surface area (Å²) in [5.41, 5.74) is 2.00. The average Bonchev–Trinajstić information content (AvgIpc) is 2.73. The van der Waals surface area contributed by atoms with Crippen molar-refractivity contribution in [3.05, 3.63) is 83.9 Å². The summed E-state index contributed by atoms with van der Waals surface area (Å²) in [7, 11) is -3.66. The third-order valence-corrected chi connectivity index (χ3v) is 5.76. The van der Waals surface area contributed by atoms with Crippen LogP contribution < -0.4 is 14.2 Å². The Hall–Kier alpha value is -3.52. The fourth-order valence-electron chi connectivity index (χ4n) is 2.82. The van der Waals surface area contributed by atoms with Crippen molar-refractivity contribution in [2.45, 2.75) is 18.2 Å². The second kappa shape index (κ2) is 9.99. The van der Waals surface area contributed by atoms with E-state index in [0.717, 1.165) is 5.56 Å². The Labute approximate surface area is 181 Å². The van der Waals surface area contributed by atoms with Crippen LogP contribution in [0.25, 0.3) is 0 Å². The molecule has 0 unspecified atom stereocenters. The Bertz CT molecular complexity index is 1130. The van der Waals surface area contributed by atoms with E-state index in [0.29, 0.717) is 22.7 Å². The Kier molecular flexibility index (Phi) is 7.15. The summed E-state index contributed by atoms with van der Waals surface area (Å²) in [6.45, 7) is 2.37. The molecule has 7 nitrogen and oxygen atoms in total. The first-order chi connectivity index (χ1) is 14.8. The molecule has 0 spiro atoms. The Morgan fingerprint density at radius 3 is 2.23 bits per heavy atom. The molecule has 0 aliphatic rings. The van der Waals surface area contributed by atoms with Gasteiger partial charge in [0.05, 0.1) is 11.3 Å². The maximum absolute atomic E-state index is 12.4. The van der Waals surface area contributed by atoms with Crippen LogP contribution in [0.1, 0.15) is 11.1 Å². The molecule has 0 aliphatic carbocycles. The van der Waals surface area contributed by atoms with E-state index >= 15 is 0 Å². The third-order valence-electron chi connectivity index (χ3n) is 4.36. The fourth-order valence-corrected chi connectivity index (χ4v) is 3.87. The Morgan fingerprint density at radius 2 is 1.55 bits per heavy atom. The lowest BCUT2D eigenvalue weighted by Gasteiger charge is -2.12. The number of hydrogen-bond donors (Lipinski definition) is 2. The summed E-state index contributed by atoms with van der Waals surface area (Å²) >= 11 is 0. The predicted octanol–water partition coefficient (Wildman–Crippen LogP) is 3.88. The largest absolute Gasteiger partial charge is 0.490 e. The van der Waals surface area contributed by atoms with Gasteiger partial charge in [0, 0.05) is 11.3 Å². The number of aliphatic carboxylic acids is 1. The van der Waals surface area contributed by atoms with Crippen molar-refractivity contribution in [3.8, 4) is 11.5 Å². The van der Waals surface area contributed by atoms with Crippen LogP contribution in [0.5, 0.6) is 11.5 Å². The first-order valence-corrected chi connectivity index (χ1v) is 11.1. The number of benzene rings is 3. The van der Waals surface area contributed by atoms with Gasteiger partial charge >= 0.3 is 5.97 Å². The van der Waals surface area contributed by atoms with E-state index in [1.807, 2.05) is 6.92 Å². The standard InChI is InChI=1S/C23H23NO6S/c1-17-6-12-21(13-7-17)31(27,28)24-19-8-10-20(11-9-19)29-14-15-30-22-5-3-2-4-18(22)16-23(25)26/h2-13,24H,14-16H2,1H3,(H,25,26). The highest BCUT2D eigenvalue weighted by Gasteiger charge is 2.13. The van der Waals surface area contributed by atoms with Crippen molar-refractivity contribution < 1.29 is 27.8 Å². The zero-order valence-electron chi connectivity index (χ0n) is 16.9. The molecule has 0 amide bonds. The van der Waals surface area contributed by atoms with Gasteiger partial charge in [-0.2, -0.15) is 0 Å². The highest BCUT2D eigenvalue weighted by atomic mass is 32.2. The maximum Gasteiger partial charge on any atom is 0.307 e. The van der Waals surface area contributed by atoms with Crippen LogP contribution >= 0.6 is 0 Å². The van der Waals surface area contributed by atoms with E-state index in [-0.39, 0.29) is 24.5 Å². The van der Waals surface area contributed by atoms with Gasteiger partial charge in [-0.05, 0) is 49.4 Å². The van der Waals surface area contributed by atoms with Crippen LogP contribution in [-0.4, -0.2) is 32.7 Å². The zero-order chi connectivity index (χ0) is 22.3. The van der Waals surface area contributed by atoms with Crippen LogP contribution in [-0.2, 0) is 21.2 Å². The fraction of sp³-hybridized carbons (Fsp3) is 0.174. The molecule has 162 valence electrons. The van der Waals surface area contributed by atoms with Crippen LogP contribution in [0, 0.1) is 6.92 Å². The summed E-state index contributed by atoms with van der Waals surface area (Å²) < 4.78 is 38.7. The summed E-state index contributed by atoms with van der Waals surface area (Å²) in [4.78, 5) is 11.1. The number of aryl methyl sites for hydroxylation is 1. The quantitative estimate of drug-likeness (QED) is 0.463. The molecule has 0 bridgehead atoms. The second-order valence-electron chi connectivity index (χ2n) is 6.82. The molecule has 3 aromatic rings. The lowest BCUT2D eigenvalue weighted by molar-refractivity contribution is -0.136. The van der Waals surface area contributed by atoms with Gasteiger partial charge in [-0.15, -0.1) is 0 Å². The van der Waals surface area contributed by atoms with Crippen molar-refractivity contribution >= 4 is 21.7 Å². The van der Waals surface area contributed by atoms with Crippen LogP contribution in [0.2, 0.25) is 0 Å². The number of ether oxygens (including phenoxy) is 2. The monoisotopic (exact) mass is 441 g/mol. The maximum atomic E-state index is 12.4. The Balaban J connectivity index is 1.51. The minimum Gasteiger partial charge on any atom is -0.490 e. The highest BCUT2D eigenvalue weighted by molar-refractivity contribution is 7.92. The molecular weight excluding hydrogens is 418 g/mol. The van der Waals surface area contributed by atoms with E-state index in [4.69, 9.17) is 14.6 Å². The van der Waals surface area contributed by atoms with E-state index < -0.39 is 16.0 Å². The van der Waals surface area contributed by atoms with Crippen LogP contribution in [0.4, 0.5) is 5.69 Å². The second-order valence-corrected chi connectivity index (χ2v) is 8.50. The molecule has 3 rings (SSSR count). The zero-order valence-corrected chi connectivity index (χ0v) is 17.8. The minimum absolute atomic E-state index is 0.114. The topological polar surface area (TPSA) is 102 Å². The Morgan fingerprint density at radius 1 is 0.903 bits per heavy atom. The van der Waals surface area contributed by atoms with Gasteiger partial charge < -0.3 is 14.6 Å². The molecule has 0 saturated carbocycles. The van der Waals surface area contributed by atoms with Gasteiger partial charge in [0.15, 0.2) is 0 Å². The van der Waals surface area contributed by atoms with Gasteiger partial charge in [-0.3, -0.25) is 9.52 Å². The van der Waals surface area contributed by atoms with Crippen LogP contribution in [0.3, 0.4) is 0 Å². The molecule has 31 heavy (non-hydrogen) atoms. The van der Waals surface area contributed by atoms with Crippen molar-refractivity contribution in [3.63, 3.8) is 0 Å². The van der Waals surface area contributed by atoms with Crippen LogP contribution in [0.15, 0.2) is 77.7 Å². The normalized spacial score (nSPS) is 11.0. The lowest BCUT2D eigenvalue weighted by Crippen LogP contribution is -2.13. The minimum atomic E-state index is -3.66. The smallest absolute Gasteiger partial charge is 0.307 e. The molecule has 2 N–H and O–H groups in total. The summed E-state index contributed by atoms with van der Waals surface area (Å²) in [6, 6.07) is 20.1. The number of hydrogen-bond acceptors (Lipinski definition) is 5. The highest BCUT2D eigenvalue weighted by Crippen LogP contribution is 2.21. The first kappa shape index (κ1) is 22.2. The average molecular weight is 442 g/mol. The number of para-hydroxylation sites is 1. The first-order valence-electron chi connectivity index (χ1n) is 9.58. The number of carboxylic acids is 1. The molecule has 0 radical (unpaired) electrons. The molecule has 0 aliphatic heterocycles. The van der Waals surface area contributed by atoms with E-state index in [9.17, 15) is 13.2 Å². The number of nitrogens with one attached hydrogen (secondary N) is 1. The molecule has 0 atom stereocenters. The number of carboxylic acid groups (broad SMARTS) is 1. The molecule has 0 aromatic heterocycles. The number of sulfonamides is 1. The summed E-state index contributed by atoms with van der Waals surface area (Å²) in [5.74, 6) is 0.139. The van der Waals surface area contributed by atoms with E-state index in [2.05, 4.69) is 4.72 Å². The molecule has 0 saturated heterocycles. The van der Waals surface area contributed by atoms with Crippen molar-refractivity contribution in [1.29, 1.82) is 0 Å². The summed E-state index contributed by atoms with van der Waals surface area (Å²) in [6.07, 6.45) is -0.114. The van der Waals surface area contributed by atoms with Gasteiger partial charge in [0.1, 0.15) is 24.7 Å². The SMILES string of the molecule is Cc1ccc(S(=O)(=O)Nc2ccc(OCCOc3ccccc3CC(=O)O)cc2)cc1. The number of rotatable bonds is 10. The third kappa shape index (κ3) is 6.48.